The normalized spacial score (nSPS) is 14.6. The highest BCUT2D eigenvalue weighted by molar-refractivity contribution is 5.38. The molecule has 0 aliphatic carbocycles. The first kappa shape index (κ1) is 12.9. The zero-order valence-electron chi connectivity index (χ0n) is 10.1. The van der Waals surface area contributed by atoms with Crippen LogP contribution in [0.15, 0.2) is 18.3 Å². The van der Waals surface area contributed by atoms with Crippen molar-refractivity contribution in [3.63, 3.8) is 0 Å². The largest absolute Gasteiger partial charge is 0.393 e. The summed E-state index contributed by atoms with van der Waals surface area (Å²) < 4.78 is 0. The summed E-state index contributed by atoms with van der Waals surface area (Å²) in [5, 5.41) is 18.5. The van der Waals surface area contributed by atoms with Gasteiger partial charge in [-0.2, -0.15) is 0 Å². The van der Waals surface area contributed by atoms with E-state index in [9.17, 15) is 10.2 Å². The van der Waals surface area contributed by atoms with Crippen molar-refractivity contribution in [1.29, 1.82) is 0 Å². The van der Waals surface area contributed by atoms with Gasteiger partial charge in [0.1, 0.15) is 5.82 Å². The van der Waals surface area contributed by atoms with Crippen LogP contribution in [0.5, 0.6) is 0 Å². The summed E-state index contributed by atoms with van der Waals surface area (Å²) in [6, 6.07) is 3.75. The number of aliphatic hydroxyl groups excluding tert-OH is 2. The Kier molecular flexibility index (Phi) is 4.71. The van der Waals surface area contributed by atoms with Gasteiger partial charge >= 0.3 is 0 Å². The Labute approximate surface area is 96.6 Å². The van der Waals surface area contributed by atoms with E-state index in [1.54, 1.807) is 20.0 Å². The van der Waals surface area contributed by atoms with Crippen LogP contribution >= 0.6 is 0 Å². The molecule has 0 aromatic carbocycles. The Morgan fingerprint density at radius 2 is 2.00 bits per heavy atom. The Morgan fingerprint density at radius 3 is 2.44 bits per heavy atom. The van der Waals surface area contributed by atoms with E-state index >= 15 is 0 Å². The van der Waals surface area contributed by atoms with Crippen molar-refractivity contribution in [3.05, 3.63) is 23.9 Å². The first-order valence-electron chi connectivity index (χ1n) is 5.54. The smallest absolute Gasteiger partial charge is 0.128 e. The maximum absolute atomic E-state index is 9.34. The molecule has 4 heteroatoms. The molecule has 0 radical (unpaired) electrons. The third-order valence-corrected chi connectivity index (χ3v) is 2.53. The lowest BCUT2D eigenvalue weighted by Gasteiger charge is -2.19. The van der Waals surface area contributed by atoms with Crippen molar-refractivity contribution in [2.24, 2.45) is 0 Å². The van der Waals surface area contributed by atoms with Gasteiger partial charge in [0.2, 0.25) is 0 Å². The summed E-state index contributed by atoms with van der Waals surface area (Å²) in [4.78, 5) is 6.25. The predicted octanol–water partition coefficient (Wildman–Crippen LogP) is 1.34. The lowest BCUT2D eigenvalue weighted by Crippen LogP contribution is -2.22. The molecule has 0 saturated heterocycles. The minimum Gasteiger partial charge on any atom is -0.393 e. The first-order valence-corrected chi connectivity index (χ1v) is 5.54. The fourth-order valence-corrected chi connectivity index (χ4v) is 1.37. The van der Waals surface area contributed by atoms with Crippen molar-refractivity contribution in [3.8, 4) is 0 Å². The van der Waals surface area contributed by atoms with Gasteiger partial charge in [0.25, 0.3) is 0 Å². The van der Waals surface area contributed by atoms with E-state index in [-0.39, 0.29) is 6.10 Å². The Balaban J connectivity index is 2.59. The highest BCUT2D eigenvalue weighted by Gasteiger charge is 2.06. The summed E-state index contributed by atoms with van der Waals surface area (Å²) in [5.41, 5.74) is 0.813. The SMILES string of the molecule is CC(O)CCN(C)c1ccc([C@H](C)O)cn1. The molecular formula is C12H20N2O2. The zero-order valence-corrected chi connectivity index (χ0v) is 10.1. The van der Waals surface area contributed by atoms with Crippen LogP contribution in [0.25, 0.3) is 0 Å². The summed E-state index contributed by atoms with van der Waals surface area (Å²) in [6.07, 6.45) is 1.62. The van der Waals surface area contributed by atoms with Crippen LogP contribution in [0.1, 0.15) is 31.9 Å². The van der Waals surface area contributed by atoms with E-state index in [4.69, 9.17) is 0 Å². The number of aliphatic hydroxyl groups is 2. The molecule has 0 spiro atoms. The third kappa shape index (κ3) is 3.79. The number of hydrogen-bond donors (Lipinski definition) is 2. The van der Waals surface area contributed by atoms with Crippen LogP contribution in [-0.4, -0.2) is 34.9 Å². The zero-order chi connectivity index (χ0) is 12.1. The quantitative estimate of drug-likeness (QED) is 0.792. The molecule has 16 heavy (non-hydrogen) atoms. The maximum atomic E-state index is 9.34. The molecule has 1 aromatic heterocycles. The summed E-state index contributed by atoms with van der Waals surface area (Å²) >= 11 is 0. The highest BCUT2D eigenvalue weighted by Crippen LogP contribution is 2.15. The van der Waals surface area contributed by atoms with Gasteiger partial charge < -0.3 is 15.1 Å². The number of nitrogens with zero attached hydrogens (tertiary/aromatic N) is 2. The van der Waals surface area contributed by atoms with E-state index in [1.165, 1.54) is 0 Å². The molecule has 0 saturated carbocycles. The standard InChI is InChI=1S/C12H20N2O2/c1-9(15)6-7-14(3)12-5-4-11(8-13-12)10(2)16/h4-5,8-10,15-16H,6-7H2,1-3H3/t9?,10-/m0/s1. The molecule has 0 fully saturated rings. The third-order valence-electron chi connectivity index (χ3n) is 2.53. The molecule has 1 heterocycles. The molecule has 1 rings (SSSR count). The topological polar surface area (TPSA) is 56.6 Å². The van der Waals surface area contributed by atoms with Crippen LogP contribution in [0.2, 0.25) is 0 Å². The van der Waals surface area contributed by atoms with Gasteiger partial charge in [-0.1, -0.05) is 6.07 Å². The fraction of sp³-hybridized carbons (Fsp3) is 0.583. The van der Waals surface area contributed by atoms with Gasteiger partial charge in [-0.25, -0.2) is 4.98 Å². The second kappa shape index (κ2) is 5.82. The van der Waals surface area contributed by atoms with E-state index in [1.807, 2.05) is 24.1 Å². The van der Waals surface area contributed by atoms with Crippen LogP contribution in [0.4, 0.5) is 5.82 Å². The lowest BCUT2D eigenvalue weighted by atomic mass is 10.2. The van der Waals surface area contributed by atoms with Gasteiger partial charge in [-0.15, -0.1) is 0 Å². The van der Waals surface area contributed by atoms with Gasteiger partial charge in [0.05, 0.1) is 12.2 Å². The number of rotatable bonds is 5. The molecule has 2 N–H and O–H groups in total. The molecule has 90 valence electrons. The van der Waals surface area contributed by atoms with Crippen molar-refractivity contribution in [2.45, 2.75) is 32.5 Å². The van der Waals surface area contributed by atoms with Gasteiger partial charge in [0, 0.05) is 19.8 Å². The Morgan fingerprint density at radius 1 is 1.31 bits per heavy atom. The van der Waals surface area contributed by atoms with Crippen LogP contribution in [0, 0.1) is 0 Å². The van der Waals surface area contributed by atoms with Crippen LogP contribution in [0.3, 0.4) is 0 Å². The lowest BCUT2D eigenvalue weighted by molar-refractivity contribution is 0.187. The van der Waals surface area contributed by atoms with E-state index in [2.05, 4.69) is 4.98 Å². The minimum atomic E-state index is -0.482. The molecule has 1 unspecified atom stereocenters. The average molecular weight is 224 g/mol. The Hall–Kier alpha value is -1.13. The van der Waals surface area contributed by atoms with E-state index in [0.717, 1.165) is 24.3 Å². The van der Waals surface area contributed by atoms with Crippen molar-refractivity contribution < 1.29 is 10.2 Å². The second-order valence-corrected chi connectivity index (χ2v) is 4.18. The summed E-state index contributed by atoms with van der Waals surface area (Å²) in [5.74, 6) is 0.852. The minimum absolute atomic E-state index is 0.292. The van der Waals surface area contributed by atoms with E-state index in [0.29, 0.717) is 0 Å². The van der Waals surface area contributed by atoms with Crippen LogP contribution < -0.4 is 4.90 Å². The van der Waals surface area contributed by atoms with Crippen molar-refractivity contribution >= 4 is 5.82 Å². The summed E-state index contributed by atoms with van der Waals surface area (Å²) in [6.45, 7) is 4.25. The molecular weight excluding hydrogens is 204 g/mol. The number of hydrogen-bond acceptors (Lipinski definition) is 4. The number of aromatic nitrogens is 1. The average Bonchev–Trinajstić information content (AvgIpc) is 2.26. The molecule has 2 atom stereocenters. The fourth-order valence-electron chi connectivity index (χ4n) is 1.37. The molecule has 0 amide bonds. The van der Waals surface area contributed by atoms with Gasteiger partial charge in [-0.3, -0.25) is 0 Å². The highest BCUT2D eigenvalue weighted by atomic mass is 16.3. The molecule has 4 nitrogen and oxygen atoms in total. The molecule has 0 aliphatic heterocycles. The van der Waals surface area contributed by atoms with Gasteiger partial charge in [0.15, 0.2) is 0 Å². The number of pyridine rings is 1. The summed E-state index contributed by atoms with van der Waals surface area (Å²) in [7, 11) is 1.94. The molecule has 0 aliphatic rings. The van der Waals surface area contributed by atoms with Crippen molar-refractivity contribution in [1.82, 2.24) is 4.98 Å². The monoisotopic (exact) mass is 224 g/mol. The Bertz CT molecular complexity index is 309. The van der Waals surface area contributed by atoms with Crippen LogP contribution in [-0.2, 0) is 0 Å². The maximum Gasteiger partial charge on any atom is 0.128 e. The van der Waals surface area contributed by atoms with Gasteiger partial charge in [-0.05, 0) is 31.9 Å². The predicted molar refractivity (Wildman–Crippen MR) is 64.4 cm³/mol. The second-order valence-electron chi connectivity index (χ2n) is 4.18. The first-order chi connectivity index (χ1) is 7.50. The van der Waals surface area contributed by atoms with E-state index < -0.39 is 6.10 Å². The molecule has 0 bridgehead atoms. The molecule has 1 aromatic rings. The number of anilines is 1. The van der Waals surface area contributed by atoms with Crippen molar-refractivity contribution in [2.75, 3.05) is 18.5 Å².